The van der Waals surface area contributed by atoms with E-state index in [-0.39, 0.29) is 0 Å². The summed E-state index contributed by atoms with van der Waals surface area (Å²) in [5.41, 5.74) is 43.5. The quantitative estimate of drug-likeness (QED) is 0.103. The molecule has 150 heavy (non-hydrogen) atoms. The maximum absolute atomic E-state index is 5.18. The zero-order chi connectivity index (χ0) is 99.9. The minimum absolute atomic E-state index is 0.419. The third-order valence-electron chi connectivity index (χ3n) is 30.6. The molecule has 0 N–H and O–H groups in total. The number of fused-ring (bicyclic) bond motifs is 16. The smallest absolute Gasteiger partial charge is 0.160 e. The fourth-order valence-electron chi connectivity index (χ4n) is 24.0. The predicted molar refractivity (Wildman–Crippen MR) is 637 cm³/mol. The van der Waals surface area contributed by atoms with E-state index in [2.05, 4.69) is 601 Å². The molecule has 0 aliphatic heterocycles. The Morgan fingerprint density at radius 1 is 0.160 bits per heavy atom. The van der Waals surface area contributed by atoms with Crippen LogP contribution >= 0.6 is 47.8 Å². The van der Waals surface area contributed by atoms with E-state index in [1.165, 1.54) is 188 Å². The number of para-hydroxylation sites is 4. The summed E-state index contributed by atoms with van der Waals surface area (Å²) in [6.07, 6.45) is 0. The first kappa shape index (κ1) is 91.0. The van der Waals surface area contributed by atoms with E-state index in [0.717, 1.165) is 69.2 Å². The summed E-state index contributed by atoms with van der Waals surface area (Å²) in [7, 11) is 0. The van der Waals surface area contributed by atoms with E-state index >= 15 is 0 Å². The first-order chi connectivity index (χ1) is 74.1. The van der Waals surface area contributed by atoms with Gasteiger partial charge in [0.15, 0.2) is 5.82 Å². The maximum Gasteiger partial charge on any atom is 0.160 e. The third kappa shape index (κ3) is 15.5. The van der Waals surface area contributed by atoms with Crippen LogP contribution in [0.3, 0.4) is 0 Å². The average molecular weight is 2110 g/mol. The van der Waals surface area contributed by atoms with Crippen LogP contribution in [0.15, 0.2) is 572 Å². The summed E-state index contributed by atoms with van der Waals surface area (Å²) in [5.74, 6) is 0.712. The van der Waals surface area contributed by atoms with Crippen molar-refractivity contribution < 1.29 is 0 Å². The van der Waals surface area contributed by atoms with Crippen LogP contribution in [-0.2, 0) is 10.8 Å². The Hall–Kier alpha value is -17.8. The fraction of sp³-hybridized carbons (Fsp3) is 0.0141. The SMILES string of the molecule is Brc1ccc(-c2ccccc2-c2ccc3c4ccc(-c5nc(-c6ccccc6)c6ccccc6n5)cc4n(-c4ccccc4)c3c2)cc1.Brc1ccc(-c2ccccc2-c2ccc3c4ccccc4n(-c4ccc5c(c4)-c4ccccc4C5(c4ccccc4)c4ccccc4)c3c2)cc1.Brc1ccc(-c2ccccc2-c2ccc3c4ccccc4n(-c4ccc5c(c4)C(c4ccccc4)(c4ccccc4)c4ccccc4-5)c3c2)cc1. The molecule has 0 bridgehead atoms. The van der Waals surface area contributed by atoms with Crippen molar-refractivity contribution in [2.75, 3.05) is 0 Å². The molecule has 4 heterocycles. The van der Waals surface area contributed by atoms with Crippen LogP contribution in [-0.4, -0.2) is 23.7 Å². The second kappa shape index (κ2) is 38.3. The highest BCUT2D eigenvalue weighted by atomic mass is 79.9. The van der Waals surface area contributed by atoms with Gasteiger partial charge in [-0.3, -0.25) is 0 Å². The number of benzene rings is 23. The van der Waals surface area contributed by atoms with Crippen molar-refractivity contribution >= 4 is 124 Å². The normalized spacial score (nSPS) is 12.5. The molecule has 0 spiro atoms. The minimum Gasteiger partial charge on any atom is -0.309 e. The Bertz CT molecular complexity index is 9810. The Kier molecular flexibility index (Phi) is 23.2. The van der Waals surface area contributed by atoms with Crippen molar-refractivity contribution in [2.45, 2.75) is 10.8 Å². The molecule has 706 valence electrons. The van der Waals surface area contributed by atoms with Gasteiger partial charge >= 0.3 is 0 Å². The van der Waals surface area contributed by atoms with Crippen LogP contribution in [0, 0.1) is 0 Å². The first-order valence-electron chi connectivity index (χ1n) is 50.9. The molecule has 27 aromatic rings. The highest BCUT2D eigenvalue weighted by Gasteiger charge is 2.48. The number of hydrogen-bond donors (Lipinski definition) is 0. The summed E-state index contributed by atoms with van der Waals surface area (Å²) < 4.78 is 10.5. The fourth-order valence-corrected chi connectivity index (χ4v) is 24.8. The van der Waals surface area contributed by atoms with Crippen LogP contribution in [0.5, 0.6) is 0 Å². The molecule has 23 aromatic carbocycles. The number of nitrogens with zero attached hydrogens (tertiary/aromatic N) is 5. The Morgan fingerprint density at radius 3 is 0.873 bits per heavy atom. The molecular weight excluding hydrogens is 2020 g/mol. The molecule has 2 aliphatic rings. The van der Waals surface area contributed by atoms with Crippen molar-refractivity contribution in [2.24, 2.45) is 0 Å². The van der Waals surface area contributed by atoms with Gasteiger partial charge in [0.25, 0.3) is 0 Å². The highest BCUT2D eigenvalue weighted by Crippen LogP contribution is 2.60. The predicted octanol–water partition coefficient (Wildman–Crippen LogP) is 38.6. The molecule has 0 atom stereocenters. The van der Waals surface area contributed by atoms with Gasteiger partial charge in [0.05, 0.1) is 55.1 Å². The third-order valence-corrected chi connectivity index (χ3v) is 32.2. The van der Waals surface area contributed by atoms with E-state index in [0.29, 0.717) is 5.82 Å². The van der Waals surface area contributed by atoms with Gasteiger partial charge in [-0.25, -0.2) is 9.97 Å². The van der Waals surface area contributed by atoms with Crippen LogP contribution in [0.25, 0.3) is 205 Å². The molecule has 8 heteroatoms. The molecular formula is C142H92Br3N5. The molecule has 0 radical (unpaired) electrons. The van der Waals surface area contributed by atoms with Gasteiger partial charge in [0.1, 0.15) is 0 Å². The monoisotopic (exact) mass is 2100 g/mol. The largest absolute Gasteiger partial charge is 0.309 e. The van der Waals surface area contributed by atoms with Crippen molar-refractivity contribution in [1.29, 1.82) is 0 Å². The van der Waals surface area contributed by atoms with Gasteiger partial charge in [-0.15, -0.1) is 0 Å². The molecule has 0 fully saturated rings. The number of hydrogen-bond acceptors (Lipinski definition) is 2. The van der Waals surface area contributed by atoms with Gasteiger partial charge in [0.2, 0.25) is 0 Å². The number of rotatable bonds is 15. The van der Waals surface area contributed by atoms with Gasteiger partial charge in [-0.05, 0) is 249 Å². The lowest BCUT2D eigenvalue weighted by Crippen LogP contribution is -2.28. The van der Waals surface area contributed by atoms with Gasteiger partial charge in [-0.1, -0.05) is 491 Å². The zero-order valence-electron chi connectivity index (χ0n) is 81.5. The molecule has 5 nitrogen and oxygen atoms in total. The number of aromatic nitrogens is 5. The van der Waals surface area contributed by atoms with E-state index in [4.69, 9.17) is 9.97 Å². The molecule has 0 amide bonds. The molecule has 0 unspecified atom stereocenters. The average Bonchev–Trinajstić information content (AvgIpc) is 1.53. The van der Waals surface area contributed by atoms with Crippen LogP contribution < -0.4 is 0 Å². The summed E-state index contributed by atoms with van der Waals surface area (Å²) >= 11 is 10.8. The van der Waals surface area contributed by atoms with Crippen molar-refractivity contribution in [1.82, 2.24) is 23.7 Å². The van der Waals surface area contributed by atoms with Crippen molar-refractivity contribution in [3.05, 3.63) is 616 Å². The van der Waals surface area contributed by atoms with Crippen LogP contribution in [0.4, 0.5) is 0 Å². The molecule has 29 rings (SSSR count). The lowest BCUT2D eigenvalue weighted by molar-refractivity contribution is 0.767. The lowest BCUT2D eigenvalue weighted by Gasteiger charge is -2.34. The minimum atomic E-state index is -0.460. The van der Waals surface area contributed by atoms with Gasteiger partial charge in [0, 0.05) is 79.3 Å². The topological polar surface area (TPSA) is 40.6 Å². The summed E-state index contributed by atoms with van der Waals surface area (Å²) in [6.45, 7) is 0. The van der Waals surface area contributed by atoms with Crippen LogP contribution in [0.1, 0.15) is 44.5 Å². The summed E-state index contributed by atoms with van der Waals surface area (Å²) in [4.78, 5) is 10.2. The van der Waals surface area contributed by atoms with Crippen molar-refractivity contribution in [3.63, 3.8) is 0 Å². The van der Waals surface area contributed by atoms with Gasteiger partial charge < -0.3 is 13.7 Å². The van der Waals surface area contributed by atoms with Crippen molar-refractivity contribution in [3.8, 4) is 129 Å². The van der Waals surface area contributed by atoms with E-state index in [1.807, 2.05) is 18.2 Å². The van der Waals surface area contributed by atoms with E-state index in [1.54, 1.807) is 0 Å². The summed E-state index contributed by atoms with van der Waals surface area (Å²) in [6, 6.07) is 203. The Morgan fingerprint density at radius 2 is 0.447 bits per heavy atom. The Labute approximate surface area is 895 Å². The first-order valence-corrected chi connectivity index (χ1v) is 53.3. The van der Waals surface area contributed by atoms with Crippen LogP contribution in [0.2, 0.25) is 0 Å². The van der Waals surface area contributed by atoms with E-state index < -0.39 is 10.8 Å². The highest BCUT2D eigenvalue weighted by molar-refractivity contribution is 9.11. The number of halogens is 3. The molecule has 4 aromatic heterocycles. The lowest BCUT2D eigenvalue weighted by atomic mass is 9.67. The second-order valence-corrected chi connectivity index (χ2v) is 41.5. The van der Waals surface area contributed by atoms with Gasteiger partial charge in [-0.2, -0.15) is 0 Å². The Balaban J connectivity index is 0.000000111. The molecule has 2 aliphatic carbocycles. The second-order valence-electron chi connectivity index (χ2n) is 38.8. The van der Waals surface area contributed by atoms with E-state index in [9.17, 15) is 0 Å². The molecule has 0 saturated carbocycles. The summed E-state index contributed by atoms with van der Waals surface area (Å²) in [5, 5.41) is 8.44. The maximum atomic E-state index is 5.18. The zero-order valence-corrected chi connectivity index (χ0v) is 86.2. The standard InChI is InChI=1S/2C49H32BrN.C44H28BrN3/c50-37-26-23-33(24-27-37)39-17-7-8-18-40(39)34-25-29-44-43-20-10-12-22-47(43)51(48(44)31-34)38-28-30-42-41-19-9-11-21-45(41)49(46(42)32-38,35-13-3-1-4-14-35)36-15-5-2-6-16-36;50-37-26-23-33(24-27-37)39-17-7-8-18-40(39)34-25-29-43-42-20-10-12-22-47(42)51(48(43)31-34)38-28-30-46-44(32-38)41-19-9-11-21-45(41)49(46,35-13-3-1-4-14-35)36-15-5-2-6-16-36;45-33-23-19-29(20-24-33)35-15-7-8-16-36(35)31-21-25-37-38-26-22-32(28-42(38)48(41(37)27-31)34-13-5-2-6-14-34)44-46-40-18-10-9-17-39(40)43(47-44)30-11-3-1-4-12-30/h2*1-32H;1-28H. The molecule has 0 saturated heterocycles.